The van der Waals surface area contributed by atoms with E-state index in [4.69, 9.17) is 4.74 Å². The van der Waals surface area contributed by atoms with Crippen molar-refractivity contribution in [3.05, 3.63) is 83.4 Å². The minimum Gasteiger partial charge on any atom is -0.356 e. The van der Waals surface area contributed by atoms with Gasteiger partial charge in [0.2, 0.25) is 0 Å². The van der Waals surface area contributed by atoms with Crippen LogP contribution in [0.2, 0.25) is 0 Å². The highest BCUT2D eigenvalue weighted by molar-refractivity contribution is 6.15. The fourth-order valence-electron chi connectivity index (χ4n) is 3.78. The molecular formula is C22H21NO3. The second kappa shape index (κ2) is 6.54. The van der Waals surface area contributed by atoms with Crippen LogP contribution >= 0.6 is 0 Å². The predicted octanol–water partition coefficient (Wildman–Crippen LogP) is 3.42. The highest BCUT2D eigenvalue weighted by atomic mass is 16.6. The number of hydrogen-bond acceptors (Lipinski definition) is 3. The van der Waals surface area contributed by atoms with Gasteiger partial charge < -0.3 is 4.74 Å². The van der Waals surface area contributed by atoms with Crippen LogP contribution in [-0.2, 0) is 19.9 Å². The predicted molar refractivity (Wildman–Crippen MR) is 98.2 cm³/mol. The highest BCUT2D eigenvalue weighted by Crippen LogP contribution is 2.53. The summed E-state index contributed by atoms with van der Waals surface area (Å²) >= 11 is 0. The first-order chi connectivity index (χ1) is 12.6. The molecule has 1 atom stereocenters. The second-order valence-electron chi connectivity index (χ2n) is 6.84. The molecule has 0 aromatic heterocycles. The van der Waals surface area contributed by atoms with E-state index in [0.717, 1.165) is 24.0 Å². The van der Waals surface area contributed by atoms with Crippen molar-refractivity contribution in [3.63, 3.8) is 0 Å². The minimum absolute atomic E-state index is 0.0502. The Morgan fingerprint density at radius 2 is 1.54 bits per heavy atom. The summed E-state index contributed by atoms with van der Waals surface area (Å²) in [5.41, 5.74) is 2.38. The van der Waals surface area contributed by atoms with E-state index in [0.29, 0.717) is 12.1 Å². The number of benzene rings is 2. The van der Waals surface area contributed by atoms with E-state index in [1.165, 1.54) is 11.0 Å². The first-order valence-corrected chi connectivity index (χ1v) is 8.96. The van der Waals surface area contributed by atoms with E-state index in [1.807, 2.05) is 36.4 Å². The summed E-state index contributed by atoms with van der Waals surface area (Å²) in [5, 5.41) is 0. The lowest BCUT2D eigenvalue weighted by Crippen LogP contribution is -2.32. The molecule has 1 fully saturated rings. The number of ether oxygens (including phenoxy) is 1. The Kier molecular flexibility index (Phi) is 4.21. The van der Waals surface area contributed by atoms with Crippen LogP contribution in [0.3, 0.4) is 0 Å². The molecule has 1 unspecified atom stereocenters. The lowest BCUT2D eigenvalue weighted by Gasteiger charge is -2.16. The summed E-state index contributed by atoms with van der Waals surface area (Å²) in [6.45, 7) is 2.12. The second-order valence-corrected chi connectivity index (χ2v) is 6.84. The van der Waals surface area contributed by atoms with Crippen LogP contribution in [0.25, 0.3) is 0 Å². The molecule has 0 saturated carbocycles. The number of epoxide rings is 1. The van der Waals surface area contributed by atoms with Gasteiger partial charge in [-0.05, 0) is 30.9 Å². The summed E-state index contributed by atoms with van der Waals surface area (Å²) in [6, 6.07) is 20.5. The van der Waals surface area contributed by atoms with Gasteiger partial charge in [-0.15, -0.1) is 0 Å². The average Bonchev–Trinajstić information content (AvgIpc) is 3.35. The zero-order chi connectivity index (χ0) is 18.1. The lowest BCUT2D eigenvalue weighted by molar-refractivity contribution is -0.137. The molecule has 0 N–H and O–H groups in total. The Hall–Kier alpha value is -2.72. The summed E-state index contributed by atoms with van der Waals surface area (Å²) < 4.78 is 6.21. The topological polar surface area (TPSA) is 49.9 Å². The largest absolute Gasteiger partial charge is 0.356 e. The molecule has 0 bridgehead atoms. The highest BCUT2D eigenvalue weighted by Gasteiger charge is 2.58. The van der Waals surface area contributed by atoms with E-state index >= 15 is 0 Å². The average molecular weight is 347 g/mol. The minimum atomic E-state index is -0.421. The third-order valence-electron chi connectivity index (χ3n) is 5.17. The number of hydrogen-bond donors (Lipinski definition) is 0. The molecule has 26 heavy (non-hydrogen) atoms. The molecule has 2 heterocycles. The van der Waals surface area contributed by atoms with Gasteiger partial charge in [0, 0.05) is 18.2 Å². The smallest absolute Gasteiger partial charge is 0.256 e. The molecule has 1 saturated heterocycles. The van der Waals surface area contributed by atoms with Crippen LogP contribution < -0.4 is 0 Å². The first kappa shape index (κ1) is 16.7. The zero-order valence-corrected chi connectivity index (χ0v) is 14.7. The van der Waals surface area contributed by atoms with E-state index < -0.39 is 5.60 Å². The third kappa shape index (κ3) is 2.76. The van der Waals surface area contributed by atoms with Crippen LogP contribution in [0.1, 0.15) is 30.9 Å². The van der Waals surface area contributed by atoms with Crippen LogP contribution in [0.15, 0.2) is 72.3 Å². The van der Waals surface area contributed by atoms with Crippen LogP contribution in [0, 0.1) is 0 Å². The van der Waals surface area contributed by atoms with E-state index in [1.54, 1.807) is 6.92 Å². The molecule has 4 heteroatoms. The number of amides is 2. The van der Waals surface area contributed by atoms with Crippen molar-refractivity contribution < 1.29 is 14.3 Å². The van der Waals surface area contributed by atoms with Gasteiger partial charge in [-0.2, -0.15) is 0 Å². The molecule has 2 aliphatic rings. The van der Waals surface area contributed by atoms with Crippen molar-refractivity contribution in [2.24, 2.45) is 0 Å². The van der Waals surface area contributed by atoms with Crippen molar-refractivity contribution in [2.45, 2.75) is 31.5 Å². The van der Waals surface area contributed by atoms with Gasteiger partial charge in [-0.25, -0.2) is 0 Å². The molecular weight excluding hydrogens is 326 g/mol. The summed E-state index contributed by atoms with van der Waals surface area (Å²) in [7, 11) is 0. The van der Waals surface area contributed by atoms with Gasteiger partial charge in [-0.3, -0.25) is 14.5 Å². The standard InChI is InChI=1S/C22H21NO3/c1-16-15-20(24)23(21(16)25)14-8-13-19-22(26-19,17-9-4-2-5-10-17)18-11-6-3-7-12-18/h2-7,9-12,15,19H,8,13-14H2,1H3. The molecule has 0 radical (unpaired) electrons. The third-order valence-corrected chi connectivity index (χ3v) is 5.17. The zero-order valence-electron chi connectivity index (χ0n) is 14.7. The van der Waals surface area contributed by atoms with Gasteiger partial charge in [0.1, 0.15) is 5.60 Å². The molecule has 0 aliphatic carbocycles. The summed E-state index contributed by atoms with van der Waals surface area (Å²) in [5.74, 6) is -0.384. The van der Waals surface area contributed by atoms with Gasteiger partial charge in [-0.1, -0.05) is 60.7 Å². The van der Waals surface area contributed by atoms with E-state index in [9.17, 15) is 9.59 Å². The molecule has 2 aromatic rings. The van der Waals surface area contributed by atoms with Crippen molar-refractivity contribution in [3.8, 4) is 0 Å². The number of imide groups is 1. The van der Waals surface area contributed by atoms with Crippen molar-refractivity contribution >= 4 is 11.8 Å². The van der Waals surface area contributed by atoms with Crippen LogP contribution in [0.5, 0.6) is 0 Å². The lowest BCUT2D eigenvalue weighted by atomic mass is 9.86. The molecule has 132 valence electrons. The Labute approximate surface area is 153 Å². The fraction of sp³-hybridized carbons (Fsp3) is 0.273. The quantitative estimate of drug-likeness (QED) is 0.594. The molecule has 0 spiro atoms. The fourth-order valence-corrected chi connectivity index (χ4v) is 3.78. The number of carbonyl (C=O) groups excluding carboxylic acids is 2. The Balaban J connectivity index is 1.46. The molecule has 2 aliphatic heterocycles. The maximum Gasteiger partial charge on any atom is 0.256 e. The molecule has 4 nitrogen and oxygen atoms in total. The van der Waals surface area contributed by atoms with Crippen molar-refractivity contribution in [2.75, 3.05) is 6.54 Å². The van der Waals surface area contributed by atoms with Gasteiger partial charge in [0.15, 0.2) is 0 Å². The first-order valence-electron chi connectivity index (χ1n) is 8.96. The van der Waals surface area contributed by atoms with Gasteiger partial charge in [0.05, 0.1) is 6.10 Å². The van der Waals surface area contributed by atoms with Crippen molar-refractivity contribution in [1.29, 1.82) is 0 Å². The van der Waals surface area contributed by atoms with E-state index in [-0.39, 0.29) is 17.9 Å². The summed E-state index contributed by atoms with van der Waals surface area (Å²) in [4.78, 5) is 25.2. The Bertz CT molecular complexity index is 818. The van der Waals surface area contributed by atoms with Crippen LogP contribution in [-0.4, -0.2) is 29.4 Å². The van der Waals surface area contributed by atoms with Crippen molar-refractivity contribution in [1.82, 2.24) is 4.90 Å². The maximum atomic E-state index is 12.0. The monoisotopic (exact) mass is 347 g/mol. The Morgan fingerprint density at radius 1 is 0.962 bits per heavy atom. The summed E-state index contributed by atoms with van der Waals surface area (Å²) in [6.07, 6.45) is 2.98. The maximum absolute atomic E-state index is 12.0. The Morgan fingerprint density at radius 3 is 2.04 bits per heavy atom. The number of carbonyl (C=O) groups is 2. The molecule has 4 rings (SSSR count). The SMILES string of the molecule is CC1=CC(=O)N(CCCC2OC2(c2ccccc2)c2ccccc2)C1=O. The number of rotatable bonds is 6. The molecule has 2 aromatic carbocycles. The number of nitrogens with zero attached hydrogens (tertiary/aromatic N) is 1. The van der Waals surface area contributed by atoms with Gasteiger partial charge >= 0.3 is 0 Å². The molecule has 2 amide bonds. The van der Waals surface area contributed by atoms with Gasteiger partial charge in [0.25, 0.3) is 11.8 Å². The van der Waals surface area contributed by atoms with E-state index in [2.05, 4.69) is 24.3 Å². The normalized spacial score (nSPS) is 21.0. The van der Waals surface area contributed by atoms with Crippen LogP contribution in [0.4, 0.5) is 0 Å².